The summed E-state index contributed by atoms with van der Waals surface area (Å²) in [7, 11) is 0. The highest BCUT2D eigenvalue weighted by molar-refractivity contribution is 7.99. The second-order valence-electron chi connectivity index (χ2n) is 7.65. The van der Waals surface area contributed by atoms with Gasteiger partial charge in [-0.05, 0) is 43.5 Å². The van der Waals surface area contributed by atoms with Crippen LogP contribution < -0.4 is 16.2 Å². The van der Waals surface area contributed by atoms with E-state index in [2.05, 4.69) is 20.8 Å². The van der Waals surface area contributed by atoms with Crippen LogP contribution in [0.25, 0.3) is 22.4 Å². The molecule has 3 amide bonds. The Morgan fingerprint density at radius 2 is 1.84 bits per heavy atom. The van der Waals surface area contributed by atoms with Crippen molar-refractivity contribution in [2.24, 2.45) is 0 Å². The van der Waals surface area contributed by atoms with Crippen molar-refractivity contribution in [3.05, 3.63) is 64.4 Å². The molecule has 1 aliphatic rings. The first-order valence-corrected chi connectivity index (χ1v) is 11.2. The van der Waals surface area contributed by atoms with Crippen LogP contribution in [0.1, 0.15) is 18.4 Å². The number of hydrogen-bond donors (Lipinski definition) is 2. The molecule has 2 aromatic heterocycles. The molecular weight excluding hydrogens is 428 g/mol. The van der Waals surface area contributed by atoms with Crippen molar-refractivity contribution < 1.29 is 9.59 Å². The molecule has 0 unspecified atom stereocenters. The van der Waals surface area contributed by atoms with Gasteiger partial charge < -0.3 is 5.32 Å². The van der Waals surface area contributed by atoms with Crippen molar-refractivity contribution in [2.45, 2.75) is 31.0 Å². The van der Waals surface area contributed by atoms with Gasteiger partial charge in [0, 0.05) is 6.04 Å². The Kier molecular flexibility index (Phi) is 5.14. The number of para-hydroxylation sites is 2. The Bertz CT molecular complexity index is 1420. The van der Waals surface area contributed by atoms with E-state index in [4.69, 9.17) is 0 Å². The van der Waals surface area contributed by atoms with Gasteiger partial charge in [-0.2, -0.15) is 0 Å². The van der Waals surface area contributed by atoms with E-state index in [1.165, 1.54) is 4.57 Å². The van der Waals surface area contributed by atoms with Crippen LogP contribution in [0.4, 0.5) is 4.79 Å². The van der Waals surface area contributed by atoms with Crippen molar-refractivity contribution >= 4 is 40.4 Å². The number of benzene rings is 2. The number of nitrogens with zero attached hydrogens (tertiary/aromatic N) is 4. The number of nitrogens with one attached hydrogen (secondary N) is 2. The van der Waals surface area contributed by atoms with E-state index in [0.29, 0.717) is 27.5 Å². The van der Waals surface area contributed by atoms with Gasteiger partial charge in [-0.15, -0.1) is 10.2 Å². The fraction of sp³-hybridized carbons (Fsp3) is 0.227. The molecular formula is C22H20N6O3S. The van der Waals surface area contributed by atoms with E-state index in [9.17, 15) is 14.4 Å². The zero-order valence-corrected chi connectivity index (χ0v) is 18.1. The van der Waals surface area contributed by atoms with Crippen LogP contribution >= 0.6 is 11.8 Å². The number of imide groups is 1. The number of thioether (sulfide) groups is 1. The highest BCUT2D eigenvalue weighted by atomic mass is 32.2. The maximum absolute atomic E-state index is 13.4. The number of rotatable bonds is 5. The lowest BCUT2D eigenvalue weighted by Gasteiger charge is -2.13. The number of urea groups is 1. The van der Waals surface area contributed by atoms with Gasteiger partial charge in [0.05, 0.1) is 22.3 Å². The van der Waals surface area contributed by atoms with Gasteiger partial charge in [0.1, 0.15) is 0 Å². The SMILES string of the molecule is Cc1ccccc1-n1c(=O)c2ccccc2n2c(SCC(=O)NC(=O)NC3CC3)nnc12. The molecule has 32 heavy (non-hydrogen) atoms. The average Bonchev–Trinajstić information content (AvgIpc) is 3.49. The minimum atomic E-state index is -0.483. The molecule has 0 radical (unpaired) electrons. The largest absolute Gasteiger partial charge is 0.335 e. The fourth-order valence-corrected chi connectivity index (χ4v) is 4.29. The summed E-state index contributed by atoms with van der Waals surface area (Å²) in [6.45, 7) is 1.93. The summed E-state index contributed by atoms with van der Waals surface area (Å²) in [5, 5.41) is 14.5. The number of carbonyl (C=O) groups excluding carboxylic acids is 2. The summed E-state index contributed by atoms with van der Waals surface area (Å²) in [4.78, 5) is 37.4. The van der Waals surface area contributed by atoms with Crippen LogP contribution in [-0.4, -0.2) is 42.9 Å². The average molecular weight is 449 g/mol. The Hall–Kier alpha value is -3.66. The van der Waals surface area contributed by atoms with Crippen molar-refractivity contribution in [1.29, 1.82) is 0 Å². The van der Waals surface area contributed by atoms with Gasteiger partial charge in [0.2, 0.25) is 11.7 Å². The number of aryl methyl sites for hydroxylation is 1. The number of hydrogen-bond acceptors (Lipinski definition) is 6. The molecule has 9 nitrogen and oxygen atoms in total. The Labute approximate surface area is 186 Å². The lowest BCUT2D eigenvalue weighted by Crippen LogP contribution is -2.41. The molecule has 10 heteroatoms. The van der Waals surface area contributed by atoms with Gasteiger partial charge in [-0.3, -0.25) is 19.3 Å². The van der Waals surface area contributed by atoms with Crippen LogP contribution in [0.3, 0.4) is 0 Å². The van der Waals surface area contributed by atoms with Crippen LogP contribution in [-0.2, 0) is 4.79 Å². The topological polar surface area (TPSA) is 110 Å². The third-order valence-electron chi connectivity index (χ3n) is 5.25. The van der Waals surface area contributed by atoms with Crippen LogP contribution in [0, 0.1) is 6.92 Å². The van der Waals surface area contributed by atoms with E-state index in [1.807, 2.05) is 43.3 Å². The van der Waals surface area contributed by atoms with Gasteiger partial charge in [0.15, 0.2) is 5.16 Å². The molecule has 1 fully saturated rings. The fourth-order valence-electron chi connectivity index (χ4n) is 3.55. The first kappa shape index (κ1) is 20.3. The molecule has 0 atom stereocenters. The summed E-state index contributed by atoms with van der Waals surface area (Å²) in [6.07, 6.45) is 1.88. The quantitative estimate of drug-likeness (QED) is 0.454. The third-order valence-corrected chi connectivity index (χ3v) is 6.18. The lowest BCUT2D eigenvalue weighted by molar-refractivity contribution is -0.117. The molecule has 0 bridgehead atoms. The maximum atomic E-state index is 13.4. The molecule has 1 saturated carbocycles. The predicted octanol–water partition coefficient (Wildman–Crippen LogP) is 2.42. The standard InChI is InChI=1S/C22H20N6O3S/c1-13-6-2-4-8-16(13)27-19(30)15-7-3-5-9-17(15)28-21(27)25-26-22(28)32-12-18(29)24-20(31)23-14-10-11-14/h2-9,14H,10-12H2,1H3,(H2,23,24,29,31). The van der Waals surface area contributed by atoms with Crippen molar-refractivity contribution in [1.82, 2.24) is 29.8 Å². The molecule has 1 aliphatic carbocycles. The first-order chi connectivity index (χ1) is 15.5. The molecule has 0 saturated heterocycles. The number of carbonyl (C=O) groups is 2. The lowest BCUT2D eigenvalue weighted by atomic mass is 10.2. The minimum Gasteiger partial charge on any atom is -0.335 e. The van der Waals surface area contributed by atoms with Gasteiger partial charge in [-0.1, -0.05) is 42.1 Å². The van der Waals surface area contributed by atoms with Crippen LogP contribution in [0.2, 0.25) is 0 Å². The molecule has 2 heterocycles. The molecule has 5 rings (SSSR count). The summed E-state index contributed by atoms with van der Waals surface area (Å²) in [5.74, 6) is -0.0877. The van der Waals surface area contributed by atoms with Crippen LogP contribution in [0.15, 0.2) is 58.5 Å². The number of amides is 3. The maximum Gasteiger partial charge on any atom is 0.321 e. The van der Waals surface area contributed by atoms with E-state index in [-0.39, 0.29) is 17.4 Å². The van der Waals surface area contributed by atoms with E-state index >= 15 is 0 Å². The number of fused-ring (bicyclic) bond motifs is 3. The summed E-state index contributed by atoms with van der Waals surface area (Å²) >= 11 is 1.15. The molecule has 0 spiro atoms. The summed E-state index contributed by atoms with van der Waals surface area (Å²) in [6, 6.07) is 14.5. The second kappa shape index (κ2) is 8.12. The third kappa shape index (κ3) is 3.73. The molecule has 2 aromatic carbocycles. The van der Waals surface area contributed by atoms with Crippen molar-refractivity contribution in [2.75, 3.05) is 5.75 Å². The molecule has 162 valence electrons. The smallest absolute Gasteiger partial charge is 0.321 e. The molecule has 4 aromatic rings. The van der Waals surface area contributed by atoms with E-state index in [1.54, 1.807) is 16.5 Å². The van der Waals surface area contributed by atoms with Crippen LogP contribution in [0.5, 0.6) is 0 Å². The minimum absolute atomic E-state index is 0.0172. The highest BCUT2D eigenvalue weighted by Gasteiger charge is 2.24. The van der Waals surface area contributed by atoms with Gasteiger partial charge >= 0.3 is 6.03 Å². The van der Waals surface area contributed by atoms with Gasteiger partial charge in [0.25, 0.3) is 5.56 Å². The predicted molar refractivity (Wildman–Crippen MR) is 121 cm³/mol. The Morgan fingerprint density at radius 3 is 2.62 bits per heavy atom. The Balaban J connectivity index is 1.54. The Morgan fingerprint density at radius 1 is 1.09 bits per heavy atom. The summed E-state index contributed by atoms with van der Waals surface area (Å²) < 4.78 is 3.31. The number of aromatic nitrogens is 4. The van der Waals surface area contributed by atoms with E-state index in [0.717, 1.165) is 30.2 Å². The summed E-state index contributed by atoms with van der Waals surface area (Å²) in [5.41, 5.74) is 2.09. The molecule has 0 aliphatic heterocycles. The van der Waals surface area contributed by atoms with E-state index < -0.39 is 11.9 Å². The van der Waals surface area contributed by atoms with Crippen molar-refractivity contribution in [3.63, 3.8) is 0 Å². The van der Waals surface area contributed by atoms with Gasteiger partial charge in [-0.25, -0.2) is 9.36 Å². The highest BCUT2D eigenvalue weighted by Crippen LogP contribution is 2.24. The zero-order valence-electron chi connectivity index (χ0n) is 17.2. The zero-order chi connectivity index (χ0) is 22.2. The monoisotopic (exact) mass is 448 g/mol. The van der Waals surface area contributed by atoms with Crippen molar-refractivity contribution in [3.8, 4) is 5.69 Å². The first-order valence-electron chi connectivity index (χ1n) is 10.2. The molecule has 2 N–H and O–H groups in total. The normalized spacial score (nSPS) is 13.4. The second-order valence-corrected chi connectivity index (χ2v) is 8.59.